The SMILES string of the molecule is COc1cccc(-c2nc(-n3ccc4cnccc43)c3cccn3n2)n1. The van der Waals surface area contributed by atoms with Gasteiger partial charge in [-0.1, -0.05) is 6.07 Å². The van der Waals surface area contributed by atoms with Gasteiger partial charge in [0.2, 0.25) is 11.7 Å². The molecule has 7 heteroatoms. The van der Waals surface area contributed by atoms with Crippen molar-refractivity contribution in [2.75, 3.05) is 7.11 Å². The van der Waals surface area contributed by atoms with Crippen LogP contribution in [-0.2, 0) is 0 Å². The van der Waals surface area contributed by atoms with Gasteiger partial charge in [-0.05, 0) is 30.3 Å². The molecule has 5 aromatic heterocycles. The number of nitrogens with zero attached hydrogens (tertiary/aromatic N) is 6. The molecule has 0 N–H and O–H groups in total. The first kappa shape index (κ1) is 14.6. The number of rotatable bonds is 3. The van der Waals surface area contributed by atoms with Gasteiger partial charge in [-0.3, -0.25) is 9.55 Å². The highest BCUT2D eigenvalue weighted by molar-refractivity contribution is 5.82. The number of fused-ring (bicyclic) bond motifs is 2. The van der Waals surface area contributed by atoms with E-state index >= 15 is 0 Å². The largest absolute Gasteiger partial charge is 0.481 e. The van der Waals surface area contributed by atoms with Gasteiger partial charge in [0.05, 0.1) is 12.6 Å². The highest BCUT2D eigenvalue weighted by Gasteiger charge is 2.14. The zero-order chi connectivity index (χ0) is 17.5. The second-order valence-electron chi connectivity index (χ2n) is 5.78. The summed E-state index contributed by atoms with van der Waals surface area (Å²) in [5, 5.41) is 5.65. The molecule has 0 aliphatic carbocycles. The molecule has 0 atom stereocenters. The molecule has 0 saturated heterocycles. The quantitative estimate of drug-likeness (QED) is 0.504. The lowest BCUT2D eigenvalue weighted by atomic mass is 10.3. The summed E-state index contributed by atoms with van der Waals surface area (Å²) in [6.45, 7) is 0. The Bertz CT molecular complexity index is 1240. The molecule has 0 aromatic carbocycles. The van der Waals surface area contributed by atoms with Gasteiger partial charge in [0, 0.05) is 36.2 Å². The van der Waals surface area contributed by atoms with E-state index < -0.39 is 0 Å². The average molecular weight is 342 g/mol. The lowest BCUT2D eigenvalue weighted by Crippen LogP contribution is -2.06. The van der Waals surface area contributed by atoms with Gasteiger partial charge in [0.25, 0.3) is 0 Å². The fourth-order valence-electron chi connectivity index (χ4n) is 3.02. The van der Waals surface area contributed by atoms with Crippen LogP contribution in [0, 0.1) is 0 Å². The Morgan fingerprint density at radius 2 is 1.88 bits per heavy atom. The molecule has 0 radical (unpaired) electrons. The maximum atomic E-state index is 5.22. The number of aromatic nitrogens is 6. The monoisotopic (exact) mass is 342 g/mol. The van der Waals surface area contributed by atoms with Crippen molar-refractivity contribution < 1.29 is 4.74 Å². The summed E-state index contributed by atoms with van der Waals surface area (Å²) in [4.78, 5) is 13.4. The van der Waals surface area contributed by atoms with Crippen LogP contribution in [0.5, 0.6) is 5.88 Å². The Labute approximate surface area is 148 Å². The van der Waals surface area contributed by atoms with E-state index in [4.69, 9.17) is 9.72 Å². The van der Waals surface area contributed by atoms with Crippen molar-refractivity contribution in [2.24, 2.45) is 0 Å². The standard InChI is InChI=1S/C19H14N6O/c1-26-17-6-2-4-14(21-17)18-22-19(16-5-3-10-25(16)23-18)24-11-8-13-12-20-9-7-15(13)24/h2-12H,1H3. The van der Waals surface area contributed by atoms with E-state index in [2.05, 4.69) is 15.1 Å². The van der Waals surface area contributed by atoms with E-state index in [0.29, 0.717) is 17.4 Å². The van der Waals surface area contributed by atoms with E-state index in [1.165, 1.54) is 0 Å². The van der Waals surface area contributed by atoms with Crippen molar-refractivity contribution in [3.8, 4) is 23.2 Å². The van der Waals surface area contributed by atoms with Crippen molar-refractivity contribution in [3.05, 3.63) is 67.3 Å². The van der Waals surface area contributed by atoms with Gasteiger partial charge in [-0.25, -0.2) is 14.5 Å². The third-order valence-corrected chi connectivity index (χ3v) is 4.25. The van der Waals surface area contributed by atoms with Crippen molar-refractivity contribution in [2.45, 2.75) is 0 Å². The number of hydrogen-bond donors (Lipinski definition) is 0. The Kier molecular flexibility index (Phi) is 3.18. The van der Waals surface area contributed by atoms with Crippen LogP contribution in [0.25, 0.3) is 33.8 Å². The maximum Gasteiger partial charge on any atom is 0.213 e. The van der Waals surface area contributed by atoms with Crippen LogP contribution >= 0.6 is 0 Å². The fraction of sp³-hybridized carbons (Fsp3) is 0.0526. The minimum absolute atomic E-state index is 0.526. The summed E-state index contributed by atoms with van der Waals surface area (Å²) in [6, 6.07) is 13.5. The third kappa shape index (κ3) is 2.21. The van der Waals surface area contributed by atoms with Crippen molar-refractivity contribution in [1.29, 1.82) is 0 Å². The normalized spacial score (nSPS) is 11.3. The van der Waals surface area contributed by atoms with Crippen LogP contribution in [-0.4, -0.2) is 36.2 Å². The van der Waals surface area contributed by atoms with E-state index in [-0.39, 0.29) is 0 Å². The minimum Gasteiger partial charge on any atom is -0.481 e. The average Bonchev–Trinajstić information content (AvgIpc) is 3.34. The molecule has 0 unspecified atom stereocenters. The van der Waals surface area contributed by atoms with Gasteiger partial charge in [0.15, 0.2) is 5.82 Å². The predicted octanol–water partition coefficient (Wildman–Crippen LogP) is 3.14. The molecule has 7 nitrogen and oxygen atoms in total. The van der Waals surface area contributed by atoms with Crippen molar-refractivity contribution in [1.82, 2.24) is 29.1 Å². The summed E-state index contributed by atoms with van der Waals surface area (Å²) in [7, 11) is 1.59. The number of ether oxygens (including phenoxy) is 1. The molecular formula is C19H14N6O. The molecule has 5 rings (SSSR count). The first-order chi connectivity index (χ1) is 12.8. The Morgan fingerprint density at radius 1 is 0.923 bits per heavy atom. The summed E-state index contributed by atoms with van der Waals surface area (Å²) in [6.07, 6.45) is 7.51. The van der Waals surface area contributed by atoms with Crippen LogP contribution < -0.4 is 4.74 Å². The molecule has 0 aliphatic rings. The second-order valence-corrected chi connectivity index (χ2v) is 5.78. The van der Waals surface area contributed by atoms with E-state index in [9.17, 15) is 0 Å². The number of methoxy groups -OCH3 is 1. The molecule has 0 spiro atoms. The molecule has 0 bridgehead atoms. The van der Waals surface area contributed by atoms with Crippen LogP contribution in [0.15, 0.2) is 67.3 Å². The van der Waals surface area contributed by atoms with Crippen LogP contribution in [0.2, 0.25) is 0 Å². The summed E-state index contributed by atoms with van der Waals surface area (Å²) in [5.41, 5.74) is 2.59. The topological polar surface area (TPSA) is 70.1 Å². The Morgan fingerprint density at radius 3 is 2.81 bits per heavy atom. The summed E-state index contributed by atoms with van der Waals surface area (Å²) >= 11 is 0. The van der Waals surface area contributed by atoms with E-state index in [0.717, 1.165) is 22.2 Å². The zero-order valence-corrected chi connectivity index (χ0v) is 13.9. The first-order valence-corrected chi connectivity index (χ1v) is 8.12. The number of pyridine rings is 2. The van der Waals surface area contributed by atoms with Gasteiger partial charge < -0.3 is 4.74 Å². The lowest BCUT2D eigenvalue weighted by molar-refractivity contribution is 0.398. The molecule has 126 valence electrons. The highest BCUT2D eigenvalue weighted by atomic mass is 16.5. The second kappa shape index (κ2) is 5.66. The van der Waals surface area contributed by atoms with E-state index in [1.807, 2.05) is 64.1 Å². The molecule has 5 heterocycles. The minimum atomic E-state index is 0.526. The summed E-state index contributed by atoms with van der Waals surface area (Å²) in [5.74, 6) is 1.84. The molecular weight excluding hydrogens is 328 g/mol. The molecule has 0 saturated carbocycles. The van der Waals surface area contributed by atoms with Crippen LogP contribution in [0.3, 0.4) is 0 Å². The summed E-state index contributed by atoms with van der Waals surface area (Å²) < 4.78 is 9.07. The Balaban J connectivity index is 1.78. The molecule has 0 aliphatic heterocycles. The van der Waals surface area contributed by atoms with Gasteiger partial charge in [0.1, 0.15) is 11.2 Å². The van der Waals surface area contributed by atoms with E-state index in [1.54, 1.807) is 19.4 Å². The lowest BCUT2D eigenvalue weighted by Gasteiger charge is -2.10. The number of hydrogen-bond acceptors (Lipinski definition) is 5. The first-order valence-electron chi connectivity index (χ1n) is 8.12. The third-order valence-electron chi connectivity index (χ3n) is 4.25. The predicted molar refractivity (Wildman–Crippen MR) is 97.4 cm³/mol. The molecule has 0 amide bonds. The van der Waals surface area contributed by atoms with Gasteiger partial charge in [-0.2, -0.15) is 0 Å². The van der Waals surface area contributed by atoms with Gasteiger partial charge in [-0.15, -0.1) is 5.10 Å². The van der Waals surface area contributed by atoms with Crippen LogP contribution in [0.1, 0.15) is 0 Å². The van der Waals surface area contributed by atoms with Crippen molar-refractivity contribution >= 4 is 16.4 Å². The maximum absolute atomic E-state index is 5.22. The molecule has 5 aromatic rings. The zero-order valence-electron chi connectivity index (χ0n) is 13.9. The van der Waals surface area contributed by atoms with Gasteiger partial charge >= 0.3 is 0 Å². The smallest absolute Gasteiger partial charge is 0.213 e. The highest BCUT2D eigenvalue weighted by Crippen LogP contribution is 2.24. The molecule has 0 fully saturated rings. The Hall–Kier alpha value is -3.74. The van der Waals surface area contributed by atoms with Crippen molar-refractivity contribution in [3.63, 3.8) is 0 Å². The van der Waals surface area contributed by atoms with Crippen LogP contribution in [0.4, 0.5) is 0 Å². The molecule has 26 heavy (non-hydrogen) atoms. The fourth-order valence-corrected chi connectivity index (χ4v) is 3.02.